The molecule has 1 aliphatic rings. The van der Waals surface area contributed by atoms with Crippen molar-refractivity contribution < 1.29 is 4.39 Å². The van der Waals surface area contributed by atoms with Crippen LogP contribution in [0.25, 0.3) is 0 Å². The first kappa shape index (κ1) is 14.3. The van der Waals surface area contributed by atoms with Gasteiger partial charge in [-0.05, 0) is 31.9 Å². The highest BCUT2D eigenvalue weighted by Crippen LogP contribution is 2.40. The largest absolute Gasteiger partial charge is 0.354 e. The monoisotopic (exact) mass is 297 g/mol. The molecule has 0 atom stereocenters. The van der Waals surface area contributed by atoms with Gasteiger partial charge in [0.05, 0.1) is 11.4 Å². The van der Waals surface area contributed by atoms with Crippen molar-refractivity contribution in [2.24, 2.45) is 0 Å². The Morgan fingerprint density at radius 1 is 1.36 bits per heavy atom. The summed E-state index contributed by atoms with van der Waals surface area (Å²) >= 11 is 0. The van der Waals surface area contributed by atoms with Gasteiger partial charge in [-0.1, -0.05) is 6.07 Å². The molecule has 1 aromatic heterocycles. The minimum atomic E-state index is -0.545. The van der Waals surface area contributed by atoms with Crippen LogP contribution in [0.1, 0.15) is 36.9 Å². The maximum atomic E-state index is 13.7. The van der Waals surface area contributed by atoms with Crippen molar-refractivity contribution in [1.29, 1.82) is 5.26 Å². The highest BCUT2D eigenvalue weighted by atomic mass is 19.1. The second-order valence-electron chi connectivity index (χ2n) is 5.21. The highest BCUT2D eigenvalue weighted by Gasteiger charge is 2.26. The molecule has 0 amide bonds. The molecule has 0 aliphatic heterocycles. The number of anilines is 3. The van der Waals surface area contributed by atoms with Gasteiger partial charge in [0.15, 0.2) is 0 Å². The Hall–Kier alpha value is -2.68. The number of hydrogen-bond donors (Lipinski definition) is 2. The zero-order chi connectivity index (χ0) is 15.5. The SMILES string of the molecule is CCNc1nc(Nc2cccc(F)c2C#N)cc(C2CC2)n1. The van der Waals surface area contributed by atoms with Crippen LogP contribution in [0.3, 0.4) is 0 Å². The van der Waals surface area contributed by atoms with Crippen molar-refractivity contribution >= 4 is 17.5 Å². The van der Waals surface area contributed by atoms with Crippen LogP contribution in [-0.2, 0) is 0 Å². The Balaban J connectivity index is 1.95. The van der Waals surface area contributed by atoms with Crippen LogP contribution in [-0.4, -0.2) is 16.5 Å². The third-order valence-corrected chi connectivity index (χ3v) is 3.46. The van der Waals surface area contributed by atoms with Crippen LogP contribution in [0, 0.1) is 17.1 Å². The maximum absolute atomic E-state index is 13.7. The molecule has 0 spiro atoms. The maximum Gasteiger partial charge on any atom is 0.224 e. The quantitative estimate of drug-likeness (QED) is 0.883. The van der Waals surface area contributed by atoms with E-state index in [9.17, 15) is 4.39 Å². The van der Waals surface area contributed by atoms with E-state index >= 15 is 0 Å². The molecule has 1 fully saturated rings. The molecule has 112 valence electrons. The fourth-order valence-electron chi connectivity index (χ4n) is 2.24. The summed E-state index contributed by atoms with van der Waals surface area (Å²) in [4.78, 5) is 8.85. The number of benzene rings is 1. The van der Waals surface area contributed by atoms with E-state index in [1.807, 2.05) is 19.1 Å². The molecule has 0 radical (unpaired) electrons. The number of aromatic nitrogens is 2. The lowest BCUT2D eigenvalue weighted by molar-refractivity contribution is 0.624. The van der Waals surface area contributed by atoms with Gasteiger partial charge in [-0.15, -0.1) is 0 Å². The number of halogens is 1. The number of nitriles is 1. The van der Waals surface area contributed by atoms with E-state index in [1.54, 1.807) is 12.1 Å². The average Bonchev–Trinajstić information content (AvgIpc) is 3.32. The van der Waals surface area contributed by atoms with E-state index in [2.05, 4.69) is 20.6 Å². The van der Waals surface area contributed by atoms with Gasteiger partial charge in [0.1, 0.15) is 23.3 Å². The van der Waals surface area contributed by atoms with Gasteiger partial charge in [0.2, 0.25) is 5.95 Å². The summed E-state index contributed by atoms with van der Waals surface area (Å²) in [6.07, 6.45) is 2.26. The predicted molar refractivity (Wildman–Crippen MR) is 82.6 cm³/mol. The van der Waals surface area contributed by atoms with Crippen molar-refractivity contribution in [3.05, 3.63) is 41.3 Å². The molecular formula is C16H16FN5. The average molecular weight is 297 g/mol. The Morgan fingerprint density at radius 3 is 2.86 bits per heavy atom. The minimum Gasteiger partial charge on any atom is -0.354 e. The Morgan fingerprint density at radius 2 is 2.18 bits per heavy atom. The normalized spacial score (nSPS) is 13.5. The molecule has 1 aromatic carbocycles. The van der Waals surface area contributed by atoms with Crippen LogP contribution >= 0.6 is 0 Å². The molecule has 5 nitrogen and oxygen atoms in total. The third kappa shape index (κ3) is 2.98. The lowest BCUT2D eigenvalue weighted by Gasteiger charge is -2.11. The predicted octanol–water partition coefficient (Wildman–Crippen LogP) is 3.54. The molecule has 1 aliphatic carbocycles. The first-order valence-corrected chi connectivity index (χ1v) is 7.29. The molecule has 0 saturated heterocycles. The molecular weight excluding hydrogens is 281 g/mol. The van der Waals surface area contributed by atoms with Gasteiger partial charge < -0.3 is 10.6 Å². The minimum absolute atomic E-state index is 0.0147. The Kier molecular flexibility index (Phi) is 3.88. The summed E-state index contributed by atoms with van der Waals surface area (Å²) in [6.45, 7) is 2.69. The zero-order valence-corrected chi connectivity index (χ0v) is 12.2. The van der Waals surface area contributed by atoms with Crippen LogP contribution in [0.15, 0.2) is 24.3 Å². The first-order chi connectivity index (χ1) is 10.7. The summed E-state index contributed by atoms with van der Waals surface area (Å²) in [5.41, 5.74) is 1.37. The number of nitrogens with one attached hydrogen (secondary N) is 2. The van der Waals surface area contributed by atoms with Crippen molar-refractivity contribution in [2.45, 2.75) is 25.7 Å². The van der Waals surface area contributed by atoms with E-state index in [1.165, 1.54) is 6.07 Å². The summed E-state index contributed by atoms with van der Waals surface area (Å²) in [6, 6.07) is 8.23. The molecule has 0 unspecified atom stereocenters. The van der Waals surface area contributed by atoms with E-state index in [0.29, 0.717) is 23.4 Å². The molecule has 22 heavy (non-hydrogen) atoms. The number of rotatable bonds is 5. The van der Waals surface area contributed by atoms with E-state index in [0.717, 1.165) is 25.1 Å². The lowest BCUT2D eigenvalue weighted by atomic mass is 10.2. The topological polar surface area (TPSA) is 73.6 Å². The molecule has 6 heteroatoms. The first-order valence-electron chi connectivity index (χ1n) is 7.29. The molecule has 1 heterocycles. The van der Waals surface area contributed by atoms with Crippen LogP contribution in [0.2, 0.25) is 0 Å². The standard InChI is InChI=1S/C16H16FN5/c1-2-19-16-21-14(10-6-7-10)8-15(22-16)20-13-5-3-4-12(17)11(13)9-18/h3-5,8,10H,2,6-7H2,1H3,(H2,19,20,21,22). The molecule has 1 saturated carbocycles. The van der Waals surface area contributed by atoms with Crippen molar-refractivity contribution in [3.8, 4) is 6.07 Å². The summed E-state index contributed by atoms with van der Waals surface area (Å²) in [7, 11) is 0. The number of nitrogens with zero attached hydrogens (tertiary/aromatic N) is 3. The van der Waals surface area contributed by atoms with E-state index in [-0.39, 0.29) is 5.56 Å². The second-order valence-corrected chi connectivity index (χ2v) is 5.21. The summed E-state index contributed by atoms with van der Waals surface area (Å²) < 4.78 is 13.7. The van der Waals surface area contributed by atoms with Gasteiger partial charge in [0, 0.05) is 18.5 Å². The van der Waals surface area contributed by atoms with Crippen LogP contribution in [0.4, 0.5) is 21.8 Å². The fourth-order valence-corrected chi connectivity index (χ4v) is 2.24. The van der Waals surface area contributed by atoms with Crippen molar-refractivity contribution in [3.63, 3.8) is 0 Å². The molecule has 2 N–H and O–H groups in total. The Bertz CT molecular complexity index is 734. The Labute approximate surface area is 128 Å². The molecule has 0 bridgehead atoms. The van der Waals surface area contributed by atoms with Crippen molar-refractivity contribution in [1.82, 2.24) is 9.97 Å². The number of hydrogen-bond acceptors (Lipinski definition) is 5. The van der Waals surface area contributed by atoms with E-state index in [4.69, 9.17) is 5.26 Å². The second kappa shape index (κ2) is 5.98. The van der Waals surface area contributed by atoms with Crippen LogP contribution in [0.5, 0.6) is 0 Å². The smallest absolute Gasteiger partial charge is 0.224 e. The summed E-state index contributed by atoms with van der Waals surface area (Å²) in [5, 5.41) is 15.2. The zero-order valence-electron chi connectivity index (χ0n) is 12.2. The summed E-state index contributed by atoms with van der Waals surface area (Å²) in [5.74, 6) is 1.04. The van der Waals surface area contributed by atoms with Gasteiger partial charge >= 0.3 is 0 Å². The van der Waals surface area contributed by atoms with E-state index < -0.39 is 5.82 Å². The molecule has 2 aromatic rings. The van der Waals surface area contributed by atoms with Gasteiger partial charge in [-0.2, -0.15) is 10.2 Å². The molecule has 3 rings (SSSR count). The lowest BCUT2D eigenvalue weighted by Crippen LogP contribution is -2.07. The van der Waals surface area contributed by atoms with Gasteiger partial charge in [-0.25, -0.2) is 9.37 Å². The highest BCUT2D eigenvalue weighted by molar-refractivity contribution is 5.65. The van der Waals surface area contributed by atoms with Gasteiger partial charge in [-0.3, -0.25) is 0 Å². The fraction of sp³-hybridized carbons (Fsp3) is 0.312. The van der Waals surface area contributed by atoms with Crippen LogP contribution < -0.4 is 10.6 Å². The van der Waals surface area contributed by atoms with Crippen molar-refractivity contribution in [2.75, 3.05) is 17.2 Å². The third-order valence-electron chi connectivity index (χ3n) is 3.46. The van der Waals surface area contributed by atoms with Gasteiger partial charge in [0.25, 0.3) is 0 Å².